The minimum atomic E-state index is -0.285. The van der Waals surface area contributed by atoms with Gasteiger partial charge in [-0.1, -0.05) is 25.0 Å². The largest absolute Gasteiger partial charge is 0.353 e. The average molecular weight is 347 g/mol. The molecule has 1 aliphatic carbocycles. The van der Waals surface area contributed by atoms with Crippen molar-refractivity contribution in [3.63, 3.8) is 0 Å². The third kappa shape index (κ3) is 4.19. The van der Waals surface area contributed by atoms with Gasteiger partial charge in [-0.25, -0.2) is 9.37 Å². The summed E-state index contributed by atoms with van der Waals surface area (Å²) in [4.78, 5) is 16.8. The number of nitrogens with two attached hydrogens (primary N) is 1. The minimum Gasteiger partial charge on any atom is -0.353 e. The lowest BCUT2D eigenvalue weighted by Crippen LogP contribution is -2.45. The number of amides is 1. The quantitative estimate of drug-likeness (QED) is 0.873. The van der Waals surface area contributed by atoms with Crippen molar-refractivity contribution in [3.05, 3.63) is 41.2 Å². The van der Waals surface area contributed by atoms with Crippen LogP contribution in [0.25, 0.3) is 10.6 Å². The maximum atomic E-state index is 13.3. The number of carbonyl (C=O) groups is 1. The molecule has 0 bridgehead atoms. The summed E-state index contributed by atoms with van der Waals surface area (Å²) < 4.78 is 13.3. The molecule has 1 aromatic carbocycles. The Morgan fingerprint density at radius 1 is 1.38 bits per heavy atom. The van der Waals surface area contributed by atoms with E-state index < -0.39 is 0 Å². The zero-order chi connectivity index (χ0) is 16.9. The Bertz CT molecular complexity index is 703. The molecule has 1 heterocycles. The highest BCUT2D eigenvalue weighted by Crippen LogP contribution is 2.25. The van der Waals surface area contributed by atoms with Crippen LogP contribution in [0.3, 0.4) is 0 Å². The summed E-state index contributed by atoms with van der Waals surface area (Å²) >= 11 is 1.43. The molecule has 2 unspecified atom stereocenters. The number of carbonyl (C=O) groups excluding carboxylic acids is 1. The van der Waals surface area contributed by atoms with Gasteiger partial charge in [0.15, 0.2) is 0 Å². The smallest absolute Gasteiger partial charge is 0.226 e. The van der Waals surface area contributed by atoms with E-state index in [0.29, 0.717) is 12.5 Å². The topological polar surface area (TPSA) is 68.0 Å². The summed E-state index contributed by atoms with van der Waals surface area (Å²) in [5, 5.41) is 5.71. The summed E-state index contributed by atoms with van der Waals surface area (Å²) in [6.07, 6.45) is 4.67. The standard InChI is InChI=1S/C18H22FN3OS/c19-14-6-3-5-12(8-14)18-21-15(11-24-18)9-17(23)22-16-7-2-1-4-13(16)10-20/h3,5-6,8,11,13,16H,1-2,4,7,9-10,20H2,(H,22,23). The van der Waals surface area contributed by atoms with Gasteiger partial charge in [-0.05, 0) is 37.4 Å². The van der Waals surface area contributed by atoms with Crippen LogP contribution < -0.4 is 11.1 Å². The van der Waals surface area contributed by atoms with Gasteiger partial charge in [0, 0.05) is 17.0 Å². The van der Waals surface area contributed by atoms with Crippen LogP contribution in [0.1, 0.15) is 31.4 Å². The predicted octanol–water partition coefficient (Wildman–Crippen LogP) is 3.13. The van der Waals surface area contributed by atoms with Crippen molar-refractivity contribution in [2.24, 2.45) is 11.7 Å². The number of thiazole rings is 1. The van der Waals surface area contributed by atoms with Crippen LogP contribution in [0.4, 0.5) is 4.39 Å². The van der Waals surface area contributed by atoms with Gasteiger partial charge in [-0.2, -0.15) is 0 Å². The molecule has 128 valence electrons. The molecule has 1 fully saturated rings. The van der Waals surface area contributed by atoms with Crippen LogP contribution in [0.15, 0.2) is 29.6 Å². The molecule has 6 heteroatoms. The van der Waals surface area contributed by atoms with E-state index in [2.05, 4.69) is 10.3 Å². The monoisotopic (exact) mass is 347 g/mol. The first-order valence-electron chi connectivity index (χ1n) is 8.35. The Hall–Kier alpha value is -1.79. The molecule has 24 heavy (non-hydrogen) atoms. The van der Waals surface area contributed by atoms with Gasteiger partial charge < -0.3 is 11.1 Å². The van der Waals surface area contributed by atoms with Crippen LogP contribution in [0.2, 0.25) is 0 Å². The lowest BCUT2D eigenvalue weighted by Gasteiger charge is -2.31. The van der Waals surface area contributed by atoms with Crippen molar-refractivity contribution >= 4 is 17.2 Å². The number of benzene rings is 1. The van der Waals surface area contributed by atoms with E-state index in [1.54, 1.807) is 6.07 Å². The normalized spacial score (nSPS) is 20.8. The second kappa shape index (κ2) is 7.85. The van der Waals surface area contributed by atoms with E-state index in [-0.39, 0.29) is 24.2 Å². The highest BCUT2D eigenvalue weighted by molar-refractivity contribution is 7.13. The SMILES string of the molecule is NCC1CCCCC1NC(=O)Cc1csc(-c2cccc(F)c2)n1. The third-order valence-corrected chi connectivity index (χ3v) is 5.46. The number of nitrogens with one attached hydrogen (secondary N) is 1. The summed E-state index contributed by atoms with van der Waals surface area (Å²) in [5.41, 5.74) is 7.27. The first-order chi connectivity index (χ1) is 11.7. The molecule has 3 N–H and O–H groups in total. The highest BCUT2D eigenvalue weighted by Gasteiger charge is 2.25. The van der Waals surface area contributed by atoms with Crippen molar-refractivity contribution < 1.29 is 9.18 Å². The fraction of sp³-hybridized carbons (Fsp3) is 0.444. The maximum absolute atomic E-state index is 13.3. The fourth-order valence-electron chi connectivity index (χ4n) is 3.24. The fourth-order valence-corrected chi connectivity index (χ4v) is 4.06. The molecule has 0 aliphatic heterocycles. The molecule has 2 aromatic rings. The molecular formula is C18H22FN3OS. The number of hydrogen-bond acceptors (Lipinski definition) is 4. The van der Waals surface area contributed by atoms with E-state index in [9.17, 15) is 9.18 Å². The van der Waals surface area contributed by atoms with Crippen LogP contribution in [0.5, 0.6) is 0 Å². The van der Waals surface area contributed by atoms with Crippen molar-refractivity contribution in [1.82, 2.24) is 10.3 Å². The molecule has 1 saturated carbocycles. The summed E-state index contributed by atoms with van der Waals surface area (Å²) in [7, 11) is 0. The van der Waals surface area contributed by atoms with Gasteiger partial charge in [0.2, 0.25) is 5.91 Å². The minimum absolute atomic E-state index is 0.0172. The number of aromatic nitrogens is 1. The Balaban J connectivity index is 1.61. The molecule has 1 aliphatic rings. The molecule has 1 amide bonds. The van der Waals surface area contributed by atoms with Crippen LogP contribution in [0, 0.1) is 11.7 Å². The highest BCUT2D eigenvalue weighted by atomic mass is 32.1. The maximum Gasteiger partial charge on any atom is 0.226 e. The number of nitrogens with zero attached hydrogens (tertiary/aromatic N) is 1. The van der Waals surface area contributed by atoms with Crippen LogP contribution in [-0.4, -0.2) is 23.5 Å². The van der Waals surface area contributed by atoms with E-state index in [0.717, 1.165) is 35.5 Å². The van der Waals surface area contributed by atoms with Crippen LogP contribution >= 0.6 is 11.3 Å². The molecular weight excluding hydrogens is 325 g/mol. The molecule has 1 aromatic heterocycles. The Morgan fingerprint density at radius 3 is 3.00 bits per heavy atom. The summed E-state index contributed by atoms with van der Waals surface area (Å²) in [5.74, 6) is 0.0737. The van der Waals surface area contributed by atoms with E-state index in [1.165, 1.54) is 29.9 Å². The summed E-state index contributed by atoms with van der Waals surface area (Å²) in [6.45, 7) is 0.616. The van der Waals surface area contributed by atoms with Gasteiger partial charge in [-0.3, -0.25) is 4.79 Å². The first-order valence-corrected chi connectivity index (χ1v) is 9.23. The van der Waals surface area contributed by atoms with Gasteiger partial charge in [0.1, 0.15) is 10.8 Å². The van der Waals surface area contributed by atoms with E-state index in [4.69, 9.17) is 5.73 Å². The lowest BCUT2D eigenvalue weighted by atomic mass is 9.84. The predicted molar refractivity (Wildman–Crippen MR) is 94.2 cm³/mol. The average Bonchev–Trinajstić information content (AvgIpc) is 3.03. The molecule has 2 atom stereocenters. The molecule has 3 rings (SSSR count). The van der Waals surface area contributed by atoms with Gasteiger partial charge in [0.05, 0.1) is 12.1 Å². The molecule has 4 nitrogen and oxygen atoms in total. The van der Waals surface area contributed by atoms with Gasteiger partial charge in [0.25, 0.3) is 0 Å². The van der Waals surface area contributed by atoms with Gasteiger partial charge in [-0.15, -0.1) is 11.3 Å². The molecule has 0 spiro atoms. The van der Waals surface area contributed by atoms with Crippen molar-refractivity contribution in [2.75, 3.05) is 6.54 Å². The lowest BCUT2D eigenvalue weighted by molar-refractivity contribution is -0.121. The summed E-state index contributed by atoms with van der Waals surface area (Å²) in [6, 6.07) is 6.52. The Morgan fingerprint density at radius 2 is 2.21 bits per heavy atom. The van der Waals surface area contributed by atoms with E-state index in [1.807, 2.05) is 11.4 Å². The van der Waals surface area contributed by atoms with Gasteiger partial charge >= 0.3 is 0 Å². The Labute approximate surface area is 145 Å². The van der Waals surface area contributed by atoms with Crippen molar-refractivity contribution in [2.45, 2.75) is 38.1 Å². The second-order valence-corrected chi connectivity index (χ2v) is 7.14. The van der Waals surface area contributed by atoms with Crippen molar-refractivity contribution in [1.29, 1.82) is 0 Å². The molecule has 0 saturated heterocycles. The second-order valence-electron chi connectivity index (χ2n) is 6.29. The Kier molecular flexibility index (Phi) is 5.58. The number of rotatable bonds is 5. The number of halogens is 1. The zero-order valence-corrected chi connectivity index (χ0v) is 14.3. The zero-order valence-electron chi connectivity index (χ0n) is 13.5. The first kappa shape index (κ1) is 17.0. The van der Waals surface area contributed by atoms with Crippen LogP contribution in [-0.2, 0) is 11.2 Å². The third-order valence-electron chi connectivity index (χ3n) is 4.52. The number of hydrogen-bond donors (Lipinski definition) is 2. The molecule has 0 radical (unpaired) electrons. The van der Waals surface area contributed by atoms with Crippen molar-refractivity contribution in [3.8, 4) is 10.6 Å². The van der Waals surface area contributed by atoms with E-state index >= 15 is 0 Å².